The van der Waals surface area contributed by atoms with Crippen LogP contribution in [0.3, 0.4) is 0 Å². The van der Waals surface area contributed by atoms with Crippen LogP contribution in [0.2, 0.25) is 0 Å². The van der Waals surface area contributed by atoms with Gasteiger partial charge in [0.1, 0.15) is 5.82 Å². The molecule has 0 aliphatic carbocycles. The molecule has 0 unspecified atom stereocenters. The number of rotatable bonds is 6. The Morgan fingerprint density at radius 2 is 2.12 bits per heavy atom. The van der Waals surface area contributed by atoms with Crippen molar-refractivity contribution in [3.8, 4) is 0 Å². The number of carboxylic acids is 1. The van der Waals surface area contributed by atoms with Gasteiger partial charge in [0, 0.05) is 6.54 Å². The van der Waals surface area contributed by atoms with Crippen LogP contribution in [0.4, 0.5) is 5.82 Å². The van der Waals surface area contributed by atoms with E-state index in [-0.39, 0.29) is 5.69 Å². The molecule has 0 atom stereocenters. The first-order valence-electron chi connectivity index (χ1n) is 5.46. The number of nitrogens with one attached hydrogen (secondary N) is 1. The Hall–Kier alpha value is -1.65. The van der Waals surface area contributed by atoms with Crippen LogP contribution >= 0.6 is 0 Å². The maximum absolute atomic E-state index is 10.7. The minimum Gasteiger partial charge on any atom is -0.476 e. The van der Waals surface area contributed by atoms with E-state index in [0.29, 0.717) is 11.7 Å². The number of aromatic nitrogens is 2. The second kappa shape index (κ2) is 6.05. The molecule has 1 aromatic heterocycles. The zero-order chi connectivity index (χ0) is 12.0. The van der Waals surface area contributed by atoms with Crippen LogP contribution in [0.5, 0.6) is 0 Å². The molecule has 5 heteroatoms. The third-order valence-corrected chi connectivity index (χ3v) is 2.58. The summed E-state index contributed by atoms with van der Waals surface area (Å²) in [6.45, 7) is 5.06. The minimum absolute atomic E-state index is 0.0328. The van der Waals surface area contributed by atoms with Crippen LogP contribution in [0, 0.1) is 5.92 Å². The lowest BCUT2D eigenvalue weighted by atomic mass is 10.0. The zero-order valence-corrected chi connectivity index (χ0v) is 9.60. The average Bonchev–Trinajstić information content (AvgIpc) is 2.31. The summed E-state index contributed by atoms with van der Waals surface area (Å²) in [5.74, 6) is 0.0424. The van der Waals surface area contributed by atoms with Gasteiger partial charge < -0.3 is 10.4 Å². The quantitative estimate of drug-likeness (QED) is 0.771. The largest absolute Gasteiger partial charge is 0.476 e. The lowest BCUT2D eigenvalue weighted by molar-refractivity contribution is 0.0690. The SMILES string of the molecule is CCC(CC)CNc1cncc(C(=O)O)n1. The molecule has 5 nitrogen and oxygen atoms in total. The van der Waals surface area contributed by atoms with Gasteiger partial charge in [0.15, 0.2) is 5.69 Å². The molecule has 16 heavy (non-hydrogen) atoms. The molecule has 0 aliphatic rings. The second-order valence-corrected chi connectivity index (χ2v) is 3.66. The van der Waals surface area contributed by atoms with Gasteiger partial charge in [0.25, 0.3) is 0 Å². The van der Waals surface area contributed by atoms with Gasteiger partial charge >= 0.3 is 5.97 Å². The fourth-order valence-electron chi connectivity index (χ4n) is 1.38. The fourth-order valence-corrected chi connectivity index (χ4v) is 1.38. The topological polar surface area (TPSA) is 75.1 Å². The number of carbonyl (C=O) groups is 1. The summed E-state index contributed by atoms with van der Waals surface area (Å²) in [6, 6.07) is 0. The number of hydrogen-bond donors (Lipinski definition) is 2. The second-order valence-electron chi connectivity index (χ2n) is 3.66. The average molecular weight is 223 g/mol. The predicted octanol–water partition coefficient (Wildman–Crippen LogP) is 2.02. The highest BCUT2D eigenvalue weighted by Crippen LogP contribution is 2.09. The van der Waals surface area contributed by atoms with E-state index in [9.17, 15) is 4.79 Å². The molecule has 1 heterocycles. The fraction of sp³-hybridized carbons (Fsp3) is 0.545. The van der Waals surface area contributed by atoms with Crippen molar-refractivity contribution >= 4 is 11.8 Å². The molecule has 0 aliphatic heterocycles. The summed E-state index contributed by atoms with van der Waals surface area (Å²) in [5, 5.41) is 11.9. The molecular weight excluding hydrogens is 206 g/mol. The molecular formula is C11H17N3O2. The third-order valence-electron chi connectivity index (χ3n) is 2.58. The molecule has 0 radical (unpaired) electrons. The molecule has 0 saturated carbocycles. The van der Waals surface area contributed by atoms with E-state index in [2.05, 4.69) is 29.1 Å². The Kier molecular flexibility index (Phi) is 4.69. The van der Waals surface area contributed by atoms with Crippen molar-refractivity contribution in [3.05, 3.63) is 18.1 Å². The first-order valence-corrected chi connectivity index (χ1v) is 5.46. The Labute approximate surface area is 94.9 Å². The standard InChI is InChI=1S/C11H17N3O2/c1-3-8(4-2)5-13-10-7-12-6-9(14-10)11(15)16/h6-8H,3-5H2,1-2H3,(H,13,14)(H,15,16). The van der Waals surface area contributed by atoms with Crippen LogP contribution < -0.4 is 5.32 Å². The lowest BCUT2D eigenvalue weighted by Crippen LogP contribution is -2.14. The van der Waals surface area contributed by atoms with Crippen molar-refractivity contribution in [2.24, 2.45) is 5.92 Å². The highest BCUT2D eigenvalue weighted by atomic mass is 16.4. The zero-order valence-electron chi connectivity index (χ0n) is 9.60. The van der Waals surface area contributed by atoms with Crippen LogP contribution in [0.15, 0.2) is 12.4 Å². The first kappa shape index (κ1) is 12.4. The molecule has 1 rings (SSSR count). The van der Waals surface area contributed by atoms with Crippen molar-refractivity contribution in [3.63, 3.8) is 0 Å². The van der Waals surface area contributed by atoms with Crippen LogP contribution in [-0.2, 0) is 0 Å². The van der Waals surface area contributed by atoms with E-state index in [0.717, 1.165) is 19.4 Å². The van der Waals surface area contributed by atoms with Gasteiger partial charge in [-0.2, -0.15) is 0 Å². The Bertz CT molecular complexity index is 351. The number of anilines is 1. The van der Waals surface area contributed by atoms with Gasteiger partial charge in [-0.25, -0.2) is 9.78 Å². The maximum Gasteiger partial charge on any atom is 0.356 e. The molecule has 0 spiro atoms. The summed E-state index contributed by atoms with van der Waals surface area (Å²) in [5.41, 5.74) is -0.0328. The molecule has 0 saturated heterocycles. The van der Waals surface area contributed by atoms with Gasteiger partial charge in [0.05, 0.1) is 12.4 Å². The Morgan fingerprint density at radius 3 is 2.69 bits per heavy atom. The number of nitrogens with zero attached hydrogens (tertiary/aromatic N) is 2. The highest BCUT2D eigenvalue weighted by Gasteiger charge is 2.07. The van der Waals surface area contributed by atoms with Gasteiger partial charge in [-0.15, -0.1) is 0 Å². The summed E-state index contributed by atoms with van der Waals surface area (Å²) < 4.78 is 0. The first-order chi connectivity index (χ1) is 7.67. The Morgan fingerprint density at radius 1 is 1.44 bits per heavy atom. The summed E-state index contributed by atoms with van der Waals surface area (Å²) in [6.07, 6.45) is 4.96. The van der Waals surface area contributed by atoms with E-state index in [1.54, 1.807) is 0 Å². The van der Waals surface area contributed by atoms with Gasteiger partial charge in [-0.3, -0.25) is 4.98 Å². The van der Waals surface area contributed by atoms with E-state index >= 15 is 0 Å². The molecule has 0 bridgehead atoms. The molecule has 0 aromatic carbocycles. The van der Waals surface area contributed by atoms with Gasteiger partial charge in [0.2, 0.25) is 0 Å². The number of hydrogen-bond acceptors (Lipinski definition) is 4. The maximum atomic E-state index is 10.7. The van der Waals surface area contributed by atoms with Gasteiger partial charge in [-0.05, 0) is 5.92 Å². The highest BCUT2D eigenvalue weighted by molar-refractivity contribution is 5.85. The van der Waals surface area contributed by atoms with E-state index in [1.165, 1.54) is 12.4 Å². The van der Waals surface area contributed by atoms with Crippen LogP contribution in [-0.4, -0.2) is 27.6 Å². The van der Waals surface area contributed by atoms with E-state index < -0.39 is 5.97 Å². The molecule has 0 amide bonds. The molecule has 1 aromatic rings. The lowest BCUT2D eigenvalue weighted by Gasteiger charge is -2.13. The smallest absolute Gasteiger partial charge is 0.356 e. The van der Waals surface area contributed by atoms with Crippen molar-refractivity contribution in [1.82, 2.24) is 9.97 Å². The molecule has 2 N–H and O–H groups in total. The van der Waals surface area contributed by atoms with E-state index in [1.807, 2.05) is 0 Å². The number of aromatic carboxylic acids is 1. The third kappa shape index (κ3) is 3.49. The van der Waals surface area contributed by atoms with Crippen molar-refractivity contribution in [1.29, 1.82) is 0 Å². The summed E-state index contributed by atoms with van der Waals surface area (Å²) >= 11 is 0. The van der Waals surface area contributed by atoms with E-state index in [4.69, 9.17) is 5.11 Å². The van der Waals surface area contributed by atoms with Gasteiger partial charge in [-0.1, -0.05) is 26.7 Å². The van der Waals surface area contributed by atoms with Crippen molar-refractivity contribution < 1.29 is 9.90 Å². The Balaban J connectivity index is 2.60. The monoisotopic (exact) mass is 223 g/mol. The summed E-state index contributed by atoms with van der Waals surface area (Å²) in [7, 11) is 0. The number of carboxylic acid groups (broad SMARTS) is 1. The van der Waals surface area contributed by atoms with Crippen LogP contribution in [0.1, 0.15) is 37.2 Å². The van der Waals surface area contributed by atoms with Crippen LogP contribution in [0.25, 0.3) is 0 Å². The predicted molar refractivity (Wildman–Crippen MR) is 61.6 cm³/mol. The molecule has 0 fully saturated rings. The van der Waals surface area contributed by atoms with Crippen molar-refractivity contribution in [2.45, 2.75) is 26.7 Å². The molecule has 88 valence electrons. The minimum atomic E-state index is -1.06. The normalized spacial score (nSPS) is 10.4. The summed E-state index contributed by atoms with van der Waals surface area (Å²) in [4.78, 5) is 18.4. The van der Waals surface area contributed by atoms with Crippen molar-refractivity contribution in [2.75, 3.05) is 11.9 Å².